The maximum Gasteiger partial charge on any atom is 0.237 e. The summed E-state index contributed by atoms with van der Waals surface area (Å²) in [5, 5.41) is 4.12. The Morgan fingerprint density at radius 3 is 2.63 bits per heavy atom. The summed E-state index contributed by atoms with van der Waals surface area (Å²) < 4.78 is 25.4. The quantitative estimate of drug-likeness (QED) is 0.883. The minimum absolute atomic E-state index is 0.0279. The fraction of sp³-hybridized carbons (Fsp3) is 0.167. The summed E-state index contributed by atoms with van der Waals surface area (Å²) in [7, 11) is -3.52. The van der Waals surface area contributed by atoms with Crippen LogP contribution in [-0.4, -0.2) is 30.4 Å². The first-order valence-corrected chi connectivity index (χ1v) is 7.43. The van der Waals surface area contributed by atoms with E-state index in [1.807, 2.05) is 35.1 Å². The monoisotopic (exact) mass is 279 g/mol. The molecular formula is C12H13N3O3S. The second kappa shape index (κ2) is 5.23. The highest BCUT2D eigenvalue weighted by atomic mass is 32.2. The lowest BCUT2D eigenvalue weighted by Crippen LogP contribution is -2.30. The summed E-state index contributed by atoms with van der Waals surface area (Å²) in [5.74, 6) is -0.574. The molecule has 0 saturated carbocycles. The average molecular weight is 279 g/mol. The normalized spacial score (nSPS) is 11.2. The molecule has 2 rings (SSSR count). The zero-order valence-electron chi connectivity index (χ0n) is 10.3. The van der Waals surface area contributed by atoms with Gasteiger partial charge >= 0.3 is 0 Å². The van der Waals surface area contributed by atoms with Gasteiger partial charge in [-0.1, -0.05) is 18.2 Å². The van der Waals surface area contributed by atoms with Crippen LogP contribution in [0, 0.1) is 0 Å². The highest BCUT2D eigenvalue weighted by Crippen LogP contribution is 2.08. The van der Waals surface area contributed by atoms with Gasteiger partial charge < -0.3 is 0 Å². The second-order valence-electron chi connectivity index (χ2n) is 4.10. The van der Waals surface area contributed by atoms with E-state index in [2.05, 4.69) is 5.10 Å². The third kappa shape index (κ3) is 3.92. The maximum atomic E-state index is 11.4. The summed E-state index contributed by atoms with van der Waals surface area (Å²) in [5.41, 5.74) is 1.52. The van der Waals surface area contributed by atoms with E-state index in [0.717, 1.165) is 11.9 Å². The first kappa shape index (κ1) is 13.3. The number of para-hydroxylation sites is 1. The zero-order chi connectivity index (χ0) is 13.9. The first-order chi connectivity index (χ1) is 8.94. The van der Waals surface area contributed by atoms with Crippen molar-refractivity contribution in [1.29, 1.82) is 0 Å². The molecule has 0 saturated heterocycles. The van der Waals surface area contributed by atoms with Crippen molar-refractivity contribution in [2.75, 3.05) is 6.26 Å². The smallest absolute Gasteiger partial charge is 0.237 e. The minimum Gasteiger partial charge on any atom is -0.274 e. The SMILES string of the molecule is CS(=O)(=O)NC(=O)Cc1cnn(-c2ccccc2)c1. The highest BCUT2D eigenvalue weighted by Gasteiger charge is 2.10. The Kier molecular flexibility index (Phi) is 3.66. The summed E-state index contributed by atoms with van der Waals surface area (Å²) in [6.45, 7) is 0. The topological polar surface area (TPSA) is 81.1 Å². The van der Waals surface area contributed by atoms with Gasteiger partial charge in [0, 0.05) is 6.20 Å². The van der Waals surface area contributed by atoms with Gasteiger partial charge in [-0.2, -0.15) is 5.10 Å². The number of carbonyl (C=O) groups is 1. The molecule has 0 unspecified atom stereocenters. The van der Waals surface area contributed by atoms with Crippen molar-refractivity contribution >= 4 is 15.9 Å². The largest absolute Gasteiger partial charge is 0.274 e. The van der Waals surface area contributed by atoms with E-state index in [1.165, 1.54) is 6.20 Å². The van der Waals surface area contributed by atoms with Crippen LogP contribution in [0.4, 0.5) is 0 Å². The number of carbonyl (C=O) groups excluding carboxylic acids is 1. The number of hydrogen-bond acceptors (Lipinski definition) is 4. The molecule has 19 heavy (non-hydrogen) atoms. The molecule has 1 amide bonds. The van der Waals surface area contributed by atoms with Crippen LogP contribution in [0.2, 0.25) is 0 Å². The van der Waals surface area contributed by atoms with Crippen molar-refractivity contribution in [3.63, 3.8) is 0 Å². The molecule has 2 aromatic rings. The van der Waals surface area contributed by atoms with Crippen LogP contribution in [0.25, 0.3) is 5.69 Å². The Bertz CT molecular complexity index is 677. The molecule has 0 aliphatic carbocycles. The van der Waals surface area contributed by atoms with Crippen LogP contribution >= 0.6 is 0 Å². The van der Waals surface area contributed by atoms with Crippen molar-refractivity contribution in [3.8, 4) is 5.69 Å². The Morgan fingerprint density at radius 2 is 2.00 bits per heavy atom. The number of benzene rings is 1. The molecule has 0 fully saturated rings. The summed E-state index contributed by atoms with van der Waals surface area (Å²) in [6.07, 6.45) is 4.14. The van der Waals surface area contributed by atoms with E-state index in [-0.39, 0.29) is 6.42 Å². The fourth-order valence-electron chi connectivity index (χ4n) is 1.60. The molecule has 1 N–H and O–H groups in total. The lowest BCUT2D eigenvalue weighted by Gasteiger charge is -2.00. The molecule has 0 radical (unpaired) electrons. The zero-order valence-corrected chi connectivity index (χ0v) is 11.1. The summed E-state index contributed by atoms with van der Waals surface area (Å²) in [6, 6.07) is 9.42. The van der Waals surface area contributed by atoms with Gasteiger partial charge in [-0.25, -0.2) is 13.1 Å². The third-order valence-electron chi connectivity index (χ3n) is 2.32. The van der Waals surface area contributed by atoms with Crippen molar-refractivity contribution < 1.29 is 13.2 Å². The van der Waals surface area contributed by atoms with Gasteiger partial charge in [0.25, 0.3) is 0 Å². The molecule has 0 atom stereocenters. The van der Waals surface area contributed by atoms with E-state index < -0.39 is 15.9 Å². The lowest BCUT2D eigenvalue weighted by molar-refractivity contribution is -0.118. The standard InChI is InChI=1S/C12H13N3O3S/c1-19(17,18)14-12(16)7-10-8-13-15(9-10)11-5-3-2-4-6-11/h2-6,8-9H,7H2,1H3,(H,14,16). The first-order valence-electron chi connectivity index (χ1n) is 5.53. The number of nitrogens with one attached hydrogen (secondary N) is 1. The van der Waals surface area contributed by atoms with Crippen LogP contribution in [0.5, 0.6) is 0 Å². The van der Waals surface area contributed by atoms with Gasteiger partial charge in [0.2, 0.25) is 15.9 Å². The fourth-order valence-corrected chi connectivity index (χ4v) is 2.09. The predicted octanol–water partition coefficient (Wildman–Crippen LogP) is 0.491. The molecule has 1 heterocycles. The molecule has 0 bridgehead atoms. The molecule has 6 nitrogen and oxygen atoms in total. The molecule has 0 aliphatic rings. The van der Waals surface area contributed by atoms with E-state index >= 15 is 0 Å². The predicted molar refractivity (Wildman–Crippen MR) is 70.3 cm³/mol. The van der Waals surface area contributed by atoms with Crippen LogP contribution in [0.15, 0.2) is 42.7 Å². The van der Waals surface area contributed by atoms with Crippen molar-refractivity contribution in [2.24, 2.45) is 0 Å². The van der Waals surface area contributed by atoms with E-state index in [0.29, 0.717) is 5.56 Å². The van der Waals surface area contributed by atoms with E-state index in [1.54, 1.807) is 10.9 Å². The maximum absolute atomic E-state index is 11.4. The number of aromatic nitrogens is 2. The van der Waals surface area contributed by atoms with Gasteiger partial charge in [-0.15, -0.1) is 0 Å². The Morgan fingerprint density at radius 1 is 1.32 bits per heavy atom. The number of amides is 1. The highest BCUT2D eigenvalue weighted by molar-refractivity contribution is 7.89. The third-order valence-corrected chi connectivity index (χ3v) is 2.92. The van der Waals surface area contributed by atoms with Crippen LogP contribution < -0.4 is 4.72 Å². The number of nitrogens with zero attached hydrogens (tertiary/aromatic N) is 2. The molecule has 7 heteroatoms. The molecule has 100 valence electrons. The summed E-state index contributed by atoms with van der Waals surface area (Å²) in [4.78, 5) is 11.4. The van der Waals surface area contributed by atoms with Crippen molar-refractivity contribution in [1.82, 2.24) is 14.5 Å². The molecular weight excluding hydrogens is 266 g/mol. The Balaban J connectivity index is 2.08. The van der Waals surface area contributed by atoms with Gasteiger partial charge in [0.1, 0.15) is 0 Å². The van der Waals surface area contributed by atoms with E-state index in [9.17, 15) is 13.2 Å². The molecule has 0 aliphatic heterocycles. The second-order valence-corrected chi connectivity index (χ2v) is 5.85. The van der Waals surface area contributed by atoms with Gasteiger partial charge in [0.15, 0.2) is 0 Å². The Labute approximate surface area is 111 Å². The lowest BCUT2D eigenvalue weighted by atomic mass is 10.2. The van der Waals surface area contributed by atoms with E-state index in [4.69, 9.17) is 0 Å². The number of rotatable bonds is 4. The molecule has 1 aromatic carbocycles. The molecule has 0 spiro atoms. The van der Waals surface area contributed by atoms with Crippen LogP contribution in [0.1, 0.15) is 5.56 Å². The van der Waals surface area contributed by atoms with Crippen molar-refractivity contribution in [2.45, 2.75) is 6.42 Å². The number of sulfonamides is 1. The van der Waals surface area contributed by atoms with Gasteiger partial charge in [-0.05, 0) is 17.7 Å². The van der Waals surface area contributed by atoms with Crippen LogP contribution in [0.3, 0.4) is 0 Å². The average Bonchev–Trinajstić information content (AvgIpc) is 2.76. The number of hydrogen-bond donors (Lipinski definition) is 1. The van der Waals surface area contributed by atoms with Crippen molar-refractivity contribution in [3.05, 3.63) is 48.3 Å². The Hall–Kier alpha value is -2.15. The van der Waals surface area contributed by atoms with Crippen LogP contribution in [-0.2, 0) is 21.2 Å². The minimum atomic E-state index is -3.52. The molecule has 1 aromatic heterocycles. The van der Waals surface area contributed by atoms with Gasteiger partial charge in [0.05, 0.1) is 24.6 Å². The summed E-state index contributed by atoms with van der Waals surface area (Å²) >= 11 is 0. The van der Waals surface area contributed by atoms with Gasteiger partial charge in [-0.3, -0.25) is 9.52 Å².